The van der Waals surface area contributed by atoms with Crippen molar-refractivity contribution in [1.82, 2.24) is 4.98 Å². The largest absolute Gasteiger partial charge is 0.506 e. The Balaban J connectivity index is 1.99. The number of phenols is 1. The van der Waals surface area contributed by atoms with Crippen molar-refractivity contribution in [3.05, 3.63) is 55.5 Å². The van der Waals surface area contributed by atoms with Gasteiger partial charge in [0.25, 0.3) is 5.69 Å². The molecule has 1 N–H and O–H groups in total. The quantitative estimate of drug-likeness (QED) is 0.396. The number of phenolic OH excluding ortho intramolecular Hbond substituents is 1. The van der Waals surface area contributed by atoms with E-state index in [2.05, 4.69) is 25.9 Å². The van der Waals surface area contributed by atoms with Crippen molar-refractivity contribution in [1.29, 1.82) is 0 Å². The molecule has 0 aliphatic heterocycles. The van der Waals surface area contributed by atoms with Crippen molar-refractivity contribution < 1.29 is 14.4 Å². The Morgan fingerprint density at radius 2 is 2.17 bits per heavy atom. The van der Waals surface area contributed by atoms with Crippen LogP contribution in [0.1, 0.15) is 5.56 Å². The Hall–Kier alpha value is -2.45. The van der Waals surface area contributed by atoms with Crippen molar-refractivity contribution in [3.63, 3.8) is 0 Å². The lowest BCUT2D eigenvalue weighted by atomic mass is 10.2. The second kappa shape index (κ2) is 5.98. The van der Waals surface area contributed by atoms with Gasteiger partial charge >= 0.3 is 6.01 Å². The summed E-state index contributed by atoms with van der Waals surface area (Å²) < 4.78 is 5.59. The number of fused-ring (bicyclic) bond motifs is 1. The van der Waals surface area contributed by atoms with E-state index in [0.717, 1.165) is 0 Å². The molecule has 116 valence electrons. The van der Waals surface area contributed by atoms with E-state index >= 15 is 0 Å². The molecule has 7 nitrogen and oxygen atoms in total. The maximum absolute atomic E-state index is 10.9. The molecule has 9 heteroatoms. The van der Waals surface area contributed by atoms with Gasteiger partial charge in [0.15, 0.2) is 5.58 Å². The van der Waals surface area contributed by atoms with Gasteiger partial charge in [-0.05, 0) is 34.1 Å². The Morgan fingerprint density at radius 3 is 2.91 bits per heavy atom. The fourth-order valence-corrected chi connectivity index (χ4v) is 2.51. The van der Waals surface area contributed by atoms with Gasteiger partial charge in [0, 0.05) is 28.9 Å². The summed E-state index contributed by atoms with van der Waals surface area (Å²) in [6.07, 6.45) is 1.24. The number of nitro groups is 1. The molecule has 0 fully saturated rings. The number of benzene rings is 2. The molecular formula is C14H7BrClN3O4. The van der Waals surface area contributed by atoms with Gasteiger partial charge in [-0.2, -0.15) is 4.98 Å². The smallest absolute Gasteiger partial charge is 0.322 e. The molecule has 0 spiro atoms. The van der Waals surface area contributed by atoms with Crippen LogP contribution in [0.15, 0.2) is 44.2 Å². The zero-order chi connectivity index (χ0) is 16.6. The predicted octanol–water partition coefficient (Wildman–Crippen LogP) is 4.61. The first-order valence-corrected chi connectivity index (χ1v) is 7.38. The van der Waals surface area contributed by atoms with Gasteiger partial charge in [-0.1, -0.05) is 11.6 Å². The molecule has 0 aliphatic carbocycles. The van der Waals surface area contributed by atoms with E-state index < -0.39 is 4.92 Å². The molecule has 0 bridgehead atoms. The third kappa shape index (κ3) is 3.17. The van der Waals surface area contributed by atoms with Gasteiger partial charge in [-0.3, -0.25) is 10.1 Å². The van der Waals surface area contributed by atoms with Gasteiger partial charge in [0.2, 0.25) is 0 Å². The van der Waals surface area contributed by atoms with Gasteiger partial charge in [0.05, 0.1) is 9.40 Å². The first kappa shape index (κ1) is 15.4. The zero-order valence-corrected chi connectivity index (χ0v) is 13.6. The second-order valence-corrected chi connectivity index (χ2v) is 5.78. The van der Waals surface area contributed by atoms with E-state index in [-0.39, 0.29) is 27.5 Å². The minimum absolute atomic E-state index is 0.0456. The van der Waals surface area contributed by atoms with Gasteiger partial charge in [-0.25, -0.2) is 4.99 Å². The summed E-state index contributed by atoms with van der Waals surface area (Å²) in [5.74, 6) is -0.168. The van der Waals surface area contributed by atoms with Crippen LogP contribution in [-0.2, 0) is 0 Å². The van der Waals surface area contributed by atoms with E-state index in [1.165, 1.54) is 18.3 Å². The number of hydrogen-bond donors (Lipinski definition) is 1. The van der Waals surface area contributed by atoms with E-state index in [1.54, 1.807) is 18.2 Å². The SMILES string of the molecule is O=[N+]([O-])c1cc(Br)c(O)c(C=Nc2nc3cc(Cl)ccc3o2)c1. The monoisotopic (exact) mass is 395 g/mol. The summed E-state index contributed by atoms with van der Waals surface area (Å²) >= 11 is 8.92. The average Bonchev–Trinajstić information content (AvgIpc) is 2.90. The van der Waals surface area contributed by atoms with Crippen LogP contribution in [0.2, 0.25) is 5.02 Å². The highest BCUT2D eigenvalue weighted by molar-refractivity contribution is 9.10. The minimum Gasteiger partial charge on any atom is -0.506 e. The summed E-state index contributed by atoms with van der Waals surface area (Å²) in [7, 11) is 0. The molecule has 0 atom stereocenters. The lowest BCUT2D eigenvalue weighted by Crippen LogP contribution is -1.91. The van der Waals surface area contributed by atoms with Crippen molar-refractivity contribution in [2.75, 3.05) is 0 Å². The molecular weight excluding hydrogens is 390 g/mol. The van der Waals surface area contributed by atoms with Gasteiger partial charge in [-0.15, -0.1) is 0 Å². The third-order valence-electron chi connectivity index (χ3n) is 2.94. The topological polar surface area (TPSA) is 102 Å². The molecule has 0 saturated heterocycles. The highest BCUT2D eigenvalue weighted by Gasteiger charge is 2.14. The van der Waals surface area contributed by atoms with E-state index in [1.807, 2.05) is 0 Å². The molecule has 0 aliphatic rings. The highest BCUT2D eigenvalue weighted by Crippen LogP contribution is 2.32. The maximum atomic E-state index is 10.9. The number of nitro benzene ring substituents is 1. The molecule has 0 radical (unpaired) electrons. The van der Waals surface area contributed by atoms with Crippen LogP contribution in [0, 0.1) is 10.1 Å². The summed E-state index contributed by atoms with van der Waals surface area (Å²) in [4.78, 5) is 18.4. The van der Waals surface area contributed by atoms with Gasteiger partial charge < -0.3 is 9.52 Å². The zero-order valence-electron chi connectivity index (χ0n) is 11.2. The van der Waals surface area contributed by atoms with Crippen LogP contribution in [0.5, 0.6) is 5.75 Å². The second-order valence-electron chi connectivity index (χ2n) is 4.49. The number of non-ortho nitro benzene ring substituents is 1. The molecule has 3 aromatic rings. The Kier molecular flexibility index (Phi) is 4.01. The molecule has 2 aromatic carbocycles. The number of hydrogen-bond acceptors (Lipinski definition) is 6. The minimum atomic E-state index is -0.566. The van der Waals surface area contributed by atoms with Crippen molar-refractivity contribution in [2.24, 2.45) is 4.99 Å². The lowest BCUT2D eigenvalue weighted by Gasteiger charge is -2.01. The molecule has 23 heavy (non-hydrogen) atoms. The van der Waals surface area contributed by atoms with E-state index in [4.69, 9.17) is 16.0 Å². The highest BCUT2D eigenvalue weighted by atomic mass is 79.9. The van der Waals surface area contributed by atoms with Crippen LogP contribution >= 0.6 is 27.5 Å². The summed E-state index contributed by atoms with van der Waals surface area (Å²) in [6.45, 7) is 0. The molecule has 1 aromatic heterocycles. The standard InChI is InChI=1S/C14H7BrClN3O4/c15-10-5-9(19(21)22)3-7(13(10)20)6-17-14-18-11-4-8(16)1-2-12(11)23-14/h1-6,20H. The normalized spacial score (nSPS) is 11.4. The Bertz CT molecular complexity index is 955. The number of aromatic nitrogens is 1. The molecule has 0 unspecified atom stereocenters. The number of halogens is 2. The molecule has 3 rings (SSSR count). The summed E-state index contributed by atoms with van der Waals surface area (Å²) in [5.41, 5.74) is 1.02. The van der Waals surface area contributed by atoms with E-state index in [0.29, 0.717) is 16.1 Å². The predicted molar refractivity (Wildman–Crippen MR) is 88.7 cm³/mol. The fourth-order valence-electron chi connectivity index (χ4n) is 1.88. The first-order valence-electron chi connectivity index (χ1n) is 6.21. The molecule has 0 amide bonds. The van der Waals surface area contributed by atoms with Crippen LogP contribution in [-0.4, -0.2) is 21.2 Å². The maximum Gasteiger partial charge on any atom is 0.322 e. The molecule has 0 saturated carbocycles. The van der Waals surface area contributed by atoms with E-state index in [9.17, 15) is 15.2 Å². The van der Waals surface area contributed by atoms with Gasteiger partial charge in [0.1, 0.15) is 11.3 Å². The van der Waals surface area contributed by atoms with Crippen LogP contribution in [0.3, 0.4) is 0 Å². The van der Waals surface area contributed by atoms with Crippen molar-refractivity contribution in [2.45, 2.75) is 0 Å². The third-order valence-corrected chi connectivity index (χ3v) is 3.78. The number of aromatic hydroxyl groups is 1. The Labute approximate surface area is 142 Å². The van der Waals surface area contributed by atoms with Crippen LogP contribution < -0.4 is 0 Å². The fraction of sp³-hybridized carbons (Fsp3) is 0. The van der Waals surface area contributed by atoms with Crippen LogP contribution in [0.4, 0.5) is 11.7 Å². The number of oxazole rings is 1. The summed E-state index contributed by atoms with van der Waals surface area (Å²) in [6, 6.07) is 7.39. The summed E-state index contributed by atoms with van der Waals surface area (Å²) in [5, 5.41) is 21.3. The number of nitrogens with zero attached hydrogens (tertiary/aromatic N) is 3. The first-order chi connectivity index (χ1) is 10.9. The number of aliphatic imine (C=N–C) groups is 1. The lowest BCUT2D eigenvalue weighted by molar-refractivity contribution is -0.385. The number of rotatable bonds is 3. The van der Waals surface area contributed by atoms with Crippen LogP contribution in [0.25, 0.3) is 11.1 Å². The van der Waals surface area contributed by atoms with Crippen molar-refractivity contribution in [3.8, 4) is 5.75 Å². The van der Waals surface area contributed by atoms with Crippen molar-refractivity contribution >= 4 is 56.5 Å². The molecule has 1 heterocycles. The Morgan fingerprint density at radius 1 is 1.39 bits per heavy atom. The average molecular weight is 397 g/mol.